The van der Waals surface area contributed by atoms with E-state index in [1.807, 2.05) is 12.3 Å². The minimum absolute atomic E-state index is 0.224. The van der Waals surface area contributed by atoms with Crippen LogP contribution in [0.3, 0.4) is 0 Å². The fourth-order valence-electron chi connectivity index (χ4n) is 3.31. The highest BCUT2D eigenvalue weighted by Gasteiger charge is 2.33. The Morgan fingerprint density at radius 2 is 1.96 bits per heavy atom. The first-order chi connectivity index (χ1) is 11.2. The molecule has 2 atom stereocenters. The molecular formula is C18H23BrN4. The van der Waals surface area contributed by atoms with Gasteiger partial charge in [0.2, 0.25) is 0 Å². The largest absolute Gasteiger partial charge is 0.360 e. The molecule has 0 amide bonds. The Balaban J connectivity index is 1.97. The van der Waals surface area contributed by atoms with E-state index in [9.17, 15) is 0 Å². The number of fused-ring (bicyclic) bond motifs is 1. The molecule has 0 saturated carbocycles. The van der Waals surface area contributed by atoms with Gasteiger partial charge in [0.25, 0.3) is 0 Å². The number of rotatable bonds is 5. The van der Waals surface area contributed by atoms with Crippen LogP contribution in [0.2, 0.25) is 0 Å². The van der Waals surface area contributed by atoms with Crippen LogP contribution >= 0.6 is 15.9 Å². The summed E-state index contributed by atoms with van der Waals surface area (Å²) in [6, 6.07) is 4.44. The molecule has 0 aliphatic heterocycles. The molecule has 0 fully saturated rings. The van der Waals surface area contributed by atoms with Crippen LogP contribution in [0.4, 0.5) is 5.82 Å². The van der Waals surface area contributed by atoms with E-state index in [1.165, 1.54) is 11.3 Å². The topological polar surface area (TPSA) is 50.7 Å². The highest BCUT2D eigenvalue weighted by atomic mass is 79.9. The van der Waals surface area contributed by atoms with Crippen molar-refractivity contribution in [2.24, 2.45) is 5.92 Å². The van der Waals surface area contributed by atoms with Crippen LogP contribution in [0.15, 0.2) is 22.9 Å². The molecule has 5 heteroatoms. The monoisotopic (exact) mass is 374 g/mol. The number of nitrogens with zero attached hydrogens (tertiary/aromatic N) is 3. The van der Waals surface area contributed by atoms with Crippen LogP contribution < -0.4 is 5.32 Å². The van der Waals surface area contributed by atoms with Crippen molar-refractivity contribution in [2.45, 2.75) is 52.5 Å². The summed E-state index contributed by atoms with van der Waals surface area (Å²) in [5, 5.41) is 3.66. The van der Waals surface area contributed by atoms with Gasteiger partial charge < -0.3 is 5.32 Å². The molecule has 1 aliphatic carbocycles. The van der Waals surface area contributed by atoms with Gasteiger partial charge in [-0.1, -0.05) is 33.3 Å². The Kier molecular flexibility index (Phi) is 4.95. The van der Waals surface area contributed by atoms with Crippen LogP contribution in [0.5, 0.6) is 0 Å². The summed E-state index contributed by atoms with van der Waals surface area (Å²) in [5.41, 5.74) is 4.53. The maximum atomic E-state index is 4.82. The molecule has 3 rings (SSSR count). The highest BCUT2D eigenvalue weighted by molar-refractivity contribution is 9.10. The van der Waals surface area contributed by atoms with Gasteiger partial charge in [-0.05, 0) is 52.7 Å². The van der Waals surface area contributed by atoms with Crippen molar-refractivity contribution in [3.63, 3.8) is 0 Å². The molecule has 2 aromatic rings. The normalized spacial score (nSPS) is 19.7. The molecule has 0 bridgehead atoms. The molecule has 2 aromatic heterocycles. The molecule has 1 N–H and O–H groups in total. The van der Waals surface area contributed by atoms with E-state index in [-0.39, 0.29) is 6.04 Å². The second-order valence-electron chi connectivity index (χ2n) is 6.01. The first kappa shape index (κ1) is 16.4. The van der Waals surface area contributed by atoms with Crippen molar-refractivity contribution in [1.29, 1.82) is 0 Å². The summed E-state index contributed by atoms with van der Waals surface area (Å²) < 4.78 is 0.861. The summed E-state index contributed by atoms with van der Waals surface area (Å²) in [5.74, 6) is 1.47. The van der Waals surface area contributed by atoms with Crippen LogP contribution in [-0.4, -0.2) is 15.0 Å². The van der Waals surface area contributed by atoms with E-state index in [2.05, 4.69) is 58.1 Å². The zero-order valence-corrected chi connectivity index (χ0v) is 15.5. The first-order valence-corrected chi connectivity index (χ1v) is 9.22. The van der Waals surface area contributed by atoms with Crippen molar-refractivity contribution >= 4 is 21.7 Å². The lowest BCUT2D eigenvalue weighted by atomic mass is 9.99. The van der Waals surface area contributed by atoms with E-state index < -0.39 is 0 Å². The van der Waals surface area contributed by atoms with Crippen LogP contribution in [-0.2, 0) is 19.3 Å². The number of hydrogen-bond donors (Lipinski definition) is 1. The van der Waals surface area contributed by atoms with Crippen LogP contribution in [0.25, 0.3) is 0 Å². The zero-order valence-electron chi connectivity index (χ0n) is 13.9. The standard InChI is InChI=1S/C18H23BrN4/c1-4-11-10-12-8-7-9-20-15(12)16(11)23-18-14(6-3)21-17(19)13(5-2)22-18/h7-9,11,16H,4-6,10H2,1-3H3,(H,22,23)/t11-,16-/m0/s1. The molecule has 0 saturated heterocycles. The van der Waals surface area contributed by atoms with Gasteiger partial charge >= 0.3 is 0 Å². The minimum atomic E-state index is 0.224. The predicted molar refractivity (Wildman–Crippen MR) is 96.6 cm³/mol. The smallest absolute Gasteiger partial charge is 0.148 e. The lowest BCUT2D eigenvalue weighted by Crippen LogP contribution is -2.19. The van der Waals surface area contributed by atoms with Gasteiger partial charge in [0, 0.05) is 6.20 Å². The number of aryl methyl sites for hydroxylation is 2. The van der Waals surface area contributed by atoms with Crippen molar-refractivity contribution in [2.75, 3.05) is 5.32 Å². The van der Waals surface area contributed by atoms with E-state index in [4.69, 9.17) is 4.98 Å². The average Bonchev–Trinajstić information content (AvgIpc) is 2.93. The maximum absolute atomic E-state index is 4.82. The van der Waals surface area contributed by atoms with Gasteiger partial charge in [-0.3, -0.25) is 4.98 Å². The molecule has 0 radical (unpaired) electrons. The zero-order chi connectivity index (χ0) is 16.4. The Morgan fingerprint density at radius 1 is 1.17 bits per heavy atom. The minimum Gasteiger partial charge on any atom is -0.360 e. The van der Waals surface area contributed by atoms with Gasteiger partial charge in [-0.25, -0.2) is 9.97 Å². The fraction of sp³-hybridized carbons (Fsp3) is 0.500. The second kappa shape index (κ2) is 6.95. The maximum Gasteiger partial charge on any atom is 0.148 e. The molecule has 1 aliphatic rings. The molecule has 0 unspecified atom stereocenters. The fourth-order valence-corrected chi connectivity index (χ4v) is 3.89. The summed E-state index contributed by atoms with van der Waals surface area (Å²) >= 11 is 3.53. The molecule has 122 valence electrons. The second-order valence-corrected chi connectivity index (χ2v) is 6.76. The molecule has 0 spiro atoms. The Morgan fingerprint density at radius 3 is 2.65 bits per heavy atom. The molecule has 0 aromatic carbocycles. The summed E-state index contributed by atoms with van der Waals surface area (Å²) in [4.78, 5) is 14.1. The summed E-state index contributed by atoms with van der Waals surface area (Å²) in [6.45, 7) is 6.47. The number of aromatic nitrogens is 3. The van der Waals surface area contributed by atoms with Crippen molar-refractivity contribution in [3.8, 4) is 0 Å². The Hall–Kier alpha value is -1.49. The van der Waals surface area contributed by atoms with E-state index in [0.717, 1.165) is 47.5 Å². The first-order valence-electron chi connectivity index (χ1n) is 8.43. The number of anilines is 1. The van der Waals surface area contributed by atoms with E-state index >= 15 is 0 Å². The summed E-state index contributed by atoms with van der Waals surface area (Å²) in [6.07, 6.45) is 5.82. The van der Waals surface area contributed by atoms with Crippen molar-refractivity contribution in [1.82, 2.24) is 15.0 Å². The number of pyridine rings is 1. The van der Waals surface area contributed by atoms with Gasteiger partial charge in [0.15, 0.2) is 0 Å². The third kappa shape index (κ3) is 3.11. The number of hydrogen-bond acceptors (Lipinski definition) is 4. The van der Waals surface area contributed by atoms with Crippen molar-refractivity contribution in [3.05, 3.63) is 45.6 Å². The van der Waals surface area contributed by atoms with Crippen LogP contribution in [0.1, 0.15) is 55.9 Å². The summed E-state index contributed by atoms with van der Waals surface area (Å²) in [7, 11) is 0. The third-order valence-electron chi connectivity index (χ3n) is 4.65. The highest BCUT2D eigenvalue weighted by Crippen LogP contribution is 2.39. The number of halogens is 1. The average molecular weight is 375 g/mol. The number of nitrogens with one attached hydrogen (secondary N) is 1. The third-order valence-corrected chi connectivity index (χ3v) is 5.29. The van der Waals surface area contributed by atoms with Gasteiger partial charge in [0.05, 0.1) is 23.1 Å². The quantitative estimate of drug-likeness (QED) is 0.836. The van der Waals surface area contributed by atoms with Crippen LogP contribution in [0, 0.1) is 5.92 Å². The van der Waals surface area contributed by atoms with Gasteiger partial charge in [0.1, 0.15) is 10.4 Å². The van der Waals surface area contributed by atoms with Gasteiger partial charge in [-0.15, -0.1) is 0 Å². The Labute approximate surface area is 146 Å². The van der Waals surface area contributed by atoms with Gasteiger partial charge in [-0.2, -0.15) is 0 Å². The Bertz CT molecular complexity index is 701. The predicted octanol–water partition coefficient (Wildman–Crippen LogP) is 4.49. The van der Waals surface area contributed by atoms with E-state index in [1.54, 1.807) is 0 Å². The molecular weight excluding hydrogens is 352 g/mol. The van der Waals surface area contributed by atoms with E-state index in [0.29, 0.717) is 5.92 Å². The van der Waals surface area contributed by atoms with Crippen molar-refractivity contribution < 1.29 is 0 Å². The SMILES string of the molecule is CCc1nc(N[C@@H]2c3ncccc3C[C@@H]2CC)c(CC)nc1Br. The molecule has 2 heterocycles. The molecule has 23 heavy (non-hydrogen) atoms. The lowest BCUT2D eigenvalue weighted by molar-refractivity contribution is 0.470. The molecule has 4 nitrogen and oxygen atoms in total. The lowest BCUT2D eigenvalue weighted by Gasteiger charge is -2.22.